The van der Waals surface area contributed by atoms with E-state index in [4.69, 9.17) is 4.74 Å². The van der Waals surface area contributed by atoms with E-state index in [0.717, 1.165) is 18.4 Å². The van der Waals surface area contributed by atoms with Gasteiger partial charge in [0, 0.05) is 25.2 Å². The number of hydrogen-bond donors (Lipinski definition) is 2. The van der Waals surface area contributed by atoms with Gasteiger partial charge in [0.25, 0.3) is 5.56 Å². The molecule has 4 rings (SSSR count). The zero-order valence-electron chi connectivity index (χ0n) is 15.9. The zero-order valence-corrected chi connectivity index (χ0v) is 15.9. The average molecular weight is 390 g/mol. The molecule has 7 nitrogen and oxygen atoms in total. The quantitative estimate of drug-likeness (QED) is 0.453. The Kier molecular flexibility index (Phi) is 5.56. The third-order valence-corrected chi connectivity index (χ3v) is 4.69. The molecule has 1 aromatic carbocycles. The Morgan fingerprint density at radius 1 is 1.07 bits per heavy atom. The number of rotatable bonds is 8. The SMILES string of the molecule is O=C(CCCCOc1ccc2[nH]c(=O)c3cccn3c2n1)NCc1ccccc1. The van der Waals surface area contributed by atoms with Crippen molar-refractivity contribution in [2.24, 2.45) is 0 Å². The van der Waals surface area contributed by atoms with Gasteiger partial charge in [-0.25, -0.2) is 0 Å². The molecule has 7 heteroatoms. The summed E-state index contributed by atoms with van der Waals surface area (Å²) in [6, 6.07) is 16.9. The molecular formula is C22H22N4O3. The van der Waals surface area contributed by atoms with Gasteiger partial charge in [0.15, 0.2) is 5.65 Å². The molecule has 3 heterocycles. The second kappa shape index (κ2) is 8.60. The van der Waals surface area contributed by atoms with Gasteiger partial charge in [0.2, 0.25) is 11.8 Å². The van der Waals surface area contributed by atoms with Crippen LogP contribution in [0.5, 0.6) is 5.88 Å². The van der Waals surface area contributed by atoms with Crippen LogP contribution in [0.3, 0.4) is 0 Å². The van der Waals surface area contributed by atoms with Crippen LogP contribution in [-0.4, -0.2) is 26.9 Å². The molecule has 0 fully saturated rings. The van der Waals surface area contributed by atoms with Crippen LogP contribution in [0.1, 0.15) is 24.8 Å². The lowest BCUT2D eigenvalue weighted by Crippen LogP contribution is -2.22. The highest BCUT2D eigenvalue weighted by Gasteiger charge is 2.07. The minimum absolute atomic E-state index is 0.0386. The number of aromatic nitrogens is 3. The Hall–Kier alpha value is -3.61. The van der Waals surface area contributed by atoms with Crippen LogP contribution in [0, 0.1) is 0 Å². The number of H-pyrrole nitrogens is 1. The highest BCUT2D eigenvalue weighted by atomic mass is 16.5. The van der Waals surface area contributed by atoms with Crippen LogP contribution in [0.25, 0.3) is 16.7 Å². The molecule has 0 saturated heterocycles. The third kappa shape index (κ3) is 4.45. The maximum atomic E-state index is 12.0. The average Bonchev–Trinajstić information content (AvgIpc) is 3.24. The predicted octanol–water partition coefficient (Wildman–Crippen LogP) is 3.04. The van der Waals surface area contributed by atoms with Gasteiger partial charge in [-0.15, -0.1) is 0 Å². The molecule has 3 aromatic heterocycles. The zero-order chi connectivity index (χ0) is 20.1. The number of nitrogens with one attached hydrogen (secondary N) is 2. The Morgan fingerprint density at radius 2 is 1.93 bits per heavy atom. The largest absolute Gasteiger partial charge is 0.478 e. The van der Waals surface area contributed by atoms with Gasteiger partial charge < -0.3 is 15.0 Å². The molecule has 0 bridgehead atoms. The van der Waals surface area contributed by atoms with E-state index in [-0.39, 0.29) is 11.5 Å². The second-order valence-corrected chi connectivity index (χ2v) is 6.81. The lowest BCUT2D eigenvalue weighted by atomic mass is 10.2. The van der Waals surface area contributed by atoms with Crippen molar-refractivity contribution in [1.29, 1.82) is 0 Å². The second-order valence-electron chi connectivity index (χ2n) is 6.81. The molecule has 0 aliphatic carbocycles. The molecule has 1 amide bonds. The van der Waals surface area contributed by atoms with Gasteiger partial charge in [-0.3, -0.25) is 14.0 Å². The standard InChI is InChI=1S/C22H22N4O3/c27-19(23-15-16-7-2-1-3-8-16)10-4-5-14-29-20-12-11-17-21(25-20)26-13-6-9-18(26)22(28)24-17/h1-3,6-9,11-13H,4-5,10,14-15H2,(H,23,27)(H,24,28). The summed E-state index contributed by atoms with van der Waals surface area (Å²) in [5, 5.41) is 2.92. The van der Waals surface area contributed by atoms with E-state index in [0.29, 0.717) is 42.1 Å². The van der Waals surface area contributed by atoms with Crippen LogP contribution < -0.4 is 15.6 Å². The third-order valence-electron chi connectivity index (χ3n) is 4.69. The van der Waals surface area contributed by atoms with E-state index < -0.39 is 0 Å². The molecule has 148 valence electrons. The molecular weight excluding hydrogens is 368 g/mol. The van der Waals surface area contributed by atoms with Gasteiger partial charge in [-0.2, -0.15) is 4.98 Å². The number of pyridine rings is 1. The number of aromatic amines is 1. The molecule has 0 saturated carbocycles. The van der Waals surface area contributed by atoms with Crippen LogP contribution in [0.2, 0.25) is 0 Å². The number of fused-ring (bicyclic) bond motifs is 3. The molecule has 0 atom stereocenters. The molecule has 0 unspecified atom stereocenters. The van der Waals surface area contributed by atoms with E-state index >= 15 is 0 Å². The number of carbonyl (C=O) groups is 1. The number of ether oxygens (including phenoxy) is 1. The normalized spacial score (nSPS) is 11.0. The van der Waals surface area contributed by atoms with Crippen molar-refractivity contribution >= 4 is 22.6 Å². The number of nitrogens with zero attached hydrogens (tertiary/aromatic N) is 2. The maximum absolute atomic E-state index is 12.0. The van der Waals surface area contributed by atoms with Crippen molar-refractivity contribution in [2.45, 2.75) is 25.8 Å². The lowest BCUT2D eigenvalue weighted by Gasteiger charge is -2.08. The fourth-order valence-electron chi connectivity index (χ4n) is 3.18. The van der Waals surface area contributed by atoms with Crippen molar-refractivity contribution in [3.05, 3.63) is 76.7 Å². The fraction of sp³-hybridized carbons (Fsp3) is 0.227. The monoisotopic (exact) mass is 390 g/mol. The van der Waals surface area contributed by atoms with E-state index in [1.54, 1.807) is 28.8 Å². The van der Waals surface area contributed by atoms with E-state index in [1.165, 1.54) is 0 Å². The fourth-order valence-corrected chi connectivity index (χ4v) is 3.18. The molecule has 0 spiro atoms. The molecule has 29 heavy (non-hydrogen) atoms. The molecule has 0 aliphatic heterocycles. The van der Waals surface area contributed by atoms with Gasteiger partial charge in [0.1, 0.15) is 5.52 Å². The van der Waals surface area contributed by atoms with Crippen LogP contribution in [0.15, 0.2) is 65.6 Å². The number of carbonyl (C=O) groups excluding carboxylic acids is 1. The van der Waals surface area contributed by atoms with Crippen molar-refractivity contribution in [2.75, 3.05) is 6.61 Å². The minimum atomic E-state index is -0.150. The first kappa shape index (κ1) is 18.7. The molecule has 0 radical (unpaired) electrons. The van der Waals surface area contributed by atoms with Crippen molar-refractivity contribution in [3.63, 3.8) is 0 Å². The van der Waals surface area contributed by atoms with Gasteiger partial charge in [-0.05, 0) is 36.6 Å². The van der Waals surface area contributed by atoms with Crippen molar-refractivity contribution in [1.82, 2.24) is 19.7 Å². The Labute approximate surface area is 167 Å². The highest BCUT2D eigenvalue weighted by Crippen LogP contribution is 2.16. The first-order valence-corrected chi connectivity index (χ1v) is 9.64. The van der Waals surface area contributed by atoms with E-state index in [1.807, 2.05) is 36.4 Å². The Morgan fingerprint density at radius 3 is 2.79 bits per heavy atom. The summed E-state index contributed by atoms with van der Waals surface area (Å²) in [6.45, 7) is 1.02. The molecule has 0 aliphatic rings. The van der Waals surface area contributed by atoms with Gasteiger partial charge in [-0.1, -0.05) is 30.3 Å². The summed E-state index contributed by atoms with van der Waals surface area (Å²) in [5.74, 6) is 0.532. The smallest absolute Gasteiger partial charge is 0.272 e. The van der Waals surface area contributed by atoms with Gasteiger partial charge >= 0.3 is 0 Å². The van der Waals surface area contributed by atoms with E-state index in [2.05, 4.69) is 15.3 Å². The summed E-state index contributed by atoms with van der Waals surface area (Å²) >= 11 is 0. The van der Waals surface area contributed by atoms with Crippen molar-refractivity contribution in [3.8, 4) is 5.88 Å². The summed E-state index contributed by atoms with van der Waals surface area (Å²) < 4.78 is 7.48. The Bertz CT molecular complexity index is 1180. The first-order chi connectivity index (χ1) is 14.2. The molecule has 2 N–H and O–H groups in total. The summed E-state index contributed by atoms with van der Waals surface area (Å²) in [7, 11) is 0. The van der Waals surface area contributed by atoms with Crippen LogP contribution >= 0.6 is 0 Å². The molecule has 4 aromatic rings. The number of amides is 1. The Balaban J connectivity index is 1.25. The topological polar surface area (TPSA) is 88.5 Å². The maximum Gasteiger partial charge on any atom is 0.272 e. The van der Waals surface area contributed by atoms with Crippen LogP contribution in [-0.2, 0) is 11.3 Å². The minimum Gasteiger partial charge on any atom is -0.478 e. The summed E-state index contributed by atoms with van der Waals surface area (Å²) in [6.07, 6.45) is 3.76. The number of benzene rings is 1. The lowest BCUT2D eigenvalue weighted by molar-refractivity contribution is -0.121. The first-order valence-electron chi connectivity index (χ1n) is 9.64. The van der Waals surface area contributed by atoms with Crippen molar-refractivity contribution < 1.29 is 9.53 Å². The highest BCUT2D eigenvalue weighted by molar-refractivity contribution is 5.76. The summed E-state index contributed by atoms with van der Waals surface area (Å²) in [4.78, 5) is 31.2. The van der Waals surface area contributed by atoms with Crippen LogP contribution in [0.4, 0.5) is 0 Å². The number of unbranched alkanes of at least 4 members (excludes halogenated alkanes) is 1. The number of hydrogen-bond acceptors (Lipinski definition) is 4. The summed E-state index contributed by atoms with van der Waals surface area (Å²) in [5.41, 5.74) is 2.78. The van der Waals surface area contributed by atoms with E-state index in [9.17, 15) is 9.59 Å². The van der Waals surface area contributed by atoms with Gasteiger partial charge in [0.05, 0.1) is 12.1 Å². The predicted molar refractivity (Wildman–Crippen MR) is 111 cm³/mol.